The number of rotatable bonds is 1. The third kappa shape index (κ3) is 1.47. The molecule has 0 fully saturated rings. The highest BCUT2D eigenvalue weighted by atomic mass is 15.2. The van der Waals surface area contributed by atoms with E-state index in [9.17, 15) is 0 Å². The van der Waals surface area contributed by atoms with Crippen LogP contribution in [0.5, 0.6) is 0 Å². The number of hydrogen-bond acceptors (Lipinski definition) is 3. The van der Waals surface area contributed by atoms with Gasteiger partial charge in [0.25, 0.3) is 0 Å². The lowest BCUT2D eigenvalue weighted by atomic mass is 9.95. The van der Waals surface area contributed by atoms with Gasteiger partial charge in [-0.1, -0.05) is 6.92 Å². The average Bonchev–Trinajstić information content (AvgIpc) is 2.18. The fraction of sp³-hybridized carbons (Fsp3) is 0.636. The van der Waals surface area contributed by atoms with E-state index in [2.05, 4.69) is 35.6 Å². The Morgan fingerprint density at radius 1 is 1.50 bits per heavy atom. The zero-order chi connectivity index (χ0) is 10.1. The molecule has 0 amide bonds. The fourth-order valence-corrected chi connectivity index (χ4v) is 2.02. The van der Waals surface area contributed by atoms with E-state index in [-0.39, 0.29) is 0 Å². The number of nitrogens with zero attached hydrogens (tertiary/aromatic N) is 3. The molecule has 1 aliphatic rings. The van der Waals surface area contributed by atoms with Gasteiger partial charge in [-0.25, -0.2) is 9.97 Å². The number of fused-ring (bicyclic) bond motifs is 1. The van der Waals surface area contributed by atoms with E-state index in [0.717, 1.165) is 12.4 Å². The van der Waals surface area contributed by atoms with Gasteiger partial charge >= 0.3 is 0 Å². The second-order valence-electron chi connectivity index (χ2n) is 4.28. The van der Waals surface area contributed by atoms with Crippen LogP contribution in [0, 0.1) is 0 Å². The van der Waals surface area contributed by atoms with Gasteiger partial charge < -0.3 is 4.90 Å². The Bertz CT molecular complexity index is 322. The summed E-state index contributed by atoms with van der Waals surface area (Å²) in [5.74, 6) is 1.73. The molecule has 1 aromatic rings. The van der Waals surface area contributed by atoms with Gasteiger partial charge in [-0.15, -0.1) is 0 Å². The lowest BCUT2D eigenvalue weighted by Gasteiger charge is -2.35. The molecule has 3 nitrogen and oxygen atoms in total. The van der Waals surface area contributed by atoms with Crippen molar-refractivity contribution < 1.29 is 0 Å². The first-order chi connectivity index (χ1) is 6.70. The molecule has 3 heteroatoms. The quantitative estimate of drug-likeness (QED) is 0.681. The van der Waals surface area contributed by atoms with Crippen LogP contribution in [0.1, 0.15) is 38.7 Å². The highest BCUT2D eigenvalue weighted by Crippen LogP contribution is 2.33. The zero-order valence-corrected chi connectivity index (χ0v) is 9.07. The average molecular weight is 191 g/mol. The Hall–Kier alpha value is -1.12. The minimum absolute atomic E-state index is 0.524. The maximum absolute atomic E-state index is 4.39. The summed E-state index contributed by atoms with van der Waals surface area (Å²) in [7, 11) is 0. The molecule has 1 unspecified atom stereocenters. The van der Waals surface area contributed by atoms with Crippen molar-refractivity contribution in [2.75, 3.05) is 11.4 Å². The van der Waals surface area contributed by atoms with Crippen molar-refractivity contribution in [3.8, 4) is 0 Å². The zero-order valence-electron chi connectivity index (χ0n) is 9.07. The van der Waals surface area contributed by atoms with E-state index in [1.54, 1.807) is 6.33 Å². The predicted molar refractivity (Wildman–Crippen MR) is 57.5 cm³/mol. The van der Waals surface area contributed by atoms with Crippen molar-refractivity contribution in [2.24, 2.45) is 0 Å². The lowest BCUT2D eigenvalue weighted by Crippen LogP contribution is -2.37. The molecule has 0 aliphatic carbocycles. The van der Waals surface area contributed by atoms with Crippen molar-refractivity contribution in [1.82, 2.24) is 9.97 Å². The number of anilines is 1. The van der Waals surface area contributed by atoms with Gasteiger partial charge in [0.05, 0.1) is 0 Å². The monoisotopic (exact) mass is 191 g/mol. The lowest BCUT2D eigenvalue weighted by molar-refractivity contribution is 0.561. The third-order valence-corrected chi connectivity index (χ3v) is 2.95. The first-order valence-electron chi connectivity index (χ1n) is 5.26. The van der Waals surface area contributed by atoms with E-state index < -0.39 is 0 Å². The summed E-state index contributed by atoms with van der Waals surface area (Å²) in [5.41, 5.74) is 1.30. The molecule has 0 saturated heterocycles. The normalized spacial score (nSPS) is 21.1. The Labute approximate surface area is 85.2 Å². The van der Waals surface area contributed by atoms with Crippen LogP contribution in [0.15, 0.2) is 12.5 Å². The largest absolute Gasteiger partial charge is 0.354 e. The SMILES string of the molecule is CC1CCN(C(C)C)c2ncncc21. The van der Waals surface area contributed by atoms with Gasteiger partial charge in [-0.05, 0) is 26.2 Å². The Balaban J connectivity index is 2.41. The Morgan fingerprint density at radius 3 is 3.00 bits per heavy atom. The first-order valence-corrected chi connectivity index (χ1v) is 5.26. The van der Waals surface area contributed by atoms with Gasteiger partial charge in [0.1, 0.15) is 12.1 Å². The van der Waals surface area contributed by atoms with E-state index >= 15 is 0 Å². The molecule has 0 saturated carbocycles. The van der Waals surface area contributed by atoms with Crippen LogP contribution in [0.3, 0.4) is 0 Å². The fourth-order valence-electron chi connectivity index (χ4n) is 2.02. The summed E-state index contributed by atoms with van der Waals surface area (Å²) in [6.07, 6.45) is 4.81. The molecule has 14 heavy (non-hydrogen) atoms. The standard InChI is InChI=1S/C11H17N3/c1-8(2)14-5-4-9(3)10-6-12-7-13-11(10)14/h6-9H,4-5H2,1-3H3. The maximum atomic E-state index is 4.39. The molecule has 2 rings (SSSR count). The minimum atomic E-state index is 0.524. The summed E-state index contributed by atoms with van der Waals surface area (Å²) in [4.78, 5) is 10.8. The van der Waals surface area contributed by atoms with E-state index in [1.807, 2.05) is 6.20 Å². The van der Waals surface area contributed by atoms with Gasteiger partial charge in [-0.2, -0.15) is 0 Å². The van der Waals surface area contributed by atoms with E-state index in [0.29, 0.717) is 12.0 Å². The molecule has 0 spiro atoms. The molecule has 0 aromatic carbocycles. The van der Waals surface area contributed by atoms with Crippen molar-refractivity contribution in [3.05, 3.63) is 18.1 Å². The van der Waals surface area contributed by atoms with Gasteiger partial charge in [0.15, 0.2) is 0 Å². The number of aromatic nitrogens is 2. The molecule has 1 atom stereocenters. The topological polar surface area (TPSA) is 29.0 Å². The van der Waals surface area contributed by atoms with Crippen molar-refractivity contribution in [2.45, 2.75) is 39.2 Å². The van der Waals surface area contributed by atoms with Crippen molar-refractivity contribution in [3.63, 3.8) is 0 Å². The molecular formula is C11H17N3. The molecule has 1 aromatic heterocycles. The molecule has 1 aliphatic heterocycles. The minimum Gasteiger partial charge on any atom is -0.354 e. The molecular weight excluding hydrogens is 174 g/mol. The molecule has 76 valence electrons. The second kappa shape index (κ2) is 3.56. The van der Waals surface area contributed by atoms with Crippen LogP contribution in [-0.4, -0.2) is 22.6 Å². The van der Waals surface area contributed by atoms with Crippen LogP contribution in [0.25, 0.3) is 0 Å². The smallest absolute Gasteiger partial charge is 0.135 e. The van der Waals surface area contributed by atoms with Crippen LogP contribution < -0.4 is 4.90 Å². The highest BCUT2D eigenvalue weighted by Gasteiger charge is 2.24. The highest BCUT2D eigenvalue weighted by molar-refractivity contribution is 5.50. The third-order valence-electron chi connectivity index (χ3n) is 2.95. The van der Waals surface area contributed by atoms with Crippen LogP contribution in [0.2, 0.25) is 0 Å². The van der Waals surface area contributed by atoms with Crippen LogP contribution in [-0.2, 0) is 0 Å². The molecule has 0 radical (unpaired) electrons. The van der Waals surface area contributed by atoms with E-state index in [1.165, 1.54) is 12.0 Å². The first kappa shape index (κ1) is 9.44. The molecule has 0 bridgehead atoms. The second-order valence-corrected chi connectivity index (χ2v) is 4.28. The maximum Gasteiger partial charge on any atom is 0.135 e. The van der Waals surface area contributed by atoms with Crippen LogP contribution in [0.4, 0.5) is 5.82 Å². The Kier molecular flexibility index (Phi) is 2.40. The van der Waals surface area contributed by atoms with Crippen molar-refractivity contribution >= 4 is 5.82 Å². The number of hydrogen-bond donors (Lipinski definition) is 0. The van der Waals surface area contributed by atoms with Crippen LogP contribution >= 0.6 is 0 Å². The summed E-state index contributed by atoms with van der Waals surface area (Å²) in [5, 5.41) is 0. The van der Waals surface area contributed by atoms with Gasteiger partial charge in [-0.3, -0.25) is 0 Å². The molecule has 0 N–H and O–H groups in total. The van der Waals surface area contributed by atoms with Gasteiger partial charge in [0.2, 0.25) is 0 Å². The summed E-state index contributed by atoms with van der Waals surface area (Å²) in [6.45, 7) is 7.78. The Morgan fingerprint density at radius 2 is 2.29 bits per heavy atom. The summed E-state index contributed by atoms with van der Waals surface area (Å²) < 4.78 is 0. The van der Waals surface area contributed by atoms with Crippen molar-refractivity contribution in [1.29, 1.82) is 0 Å². The van der Waals surface area contributed by atoms with Gasteiger partial charge in [0, 0.05) is 24.3 Å². The molecule has 2 heterocycles. The van der Waals surface area contributed by atoms with E-state index in [4.69, 9.17) is 0 Å². The summed E-state index contributed by atoms with van der Waals surface area (Å²) >= 11 is 0. The predicted octanol–water partition coefficient (Wildman–Crippen LogP) is 2.20. The summed E-state index contributed by atoms with van der Waals surface area (Å²) in [6, 6.07) is 0.524.